The van der Waals surface area contributed by atoms with Crippen LogP contribution in [0.2, 0.25) is 0 Å². The normalized spacial score (nSPS) is 18.7. The molecule has 0 radical (unpaired) electrons. The van der Waals surface area contributed by atoms with E-state index in [0.29, 0.717) is 28.3 Å². The van der Waals surface area contributed by atoms with Gasteiger partial charge in [0.25, 0.3) is 5.91 Å². The molecule has 1 N–H and O–H groups in total. The van der Waals surface area contributed by atoms with Crippen LogP contribution in [0.3, 0.4) is 0 Å². The number of aliphatic hydroxyl groups is 1. The van der Waals surface area contributed by atoms with Gasteiger partial charge in [0.1, 0.15) is 0 Å². The van der Waals surface area contributed by atoms with E-state index >= 15 is 0 Å². The summed E-state index contributed by atoms with van der Waals surface area (Å²) in [5.74, 6) is 0.514. The van der Waals surface area contributed by atoms with Gasteiger partial charge < -0.3 is 19.5 Å². The van der Waals surface area contributed by atoms with Crippen LogP contribution in [0.15, 0.2) is 66.7 Å². The van der Waals surface area contributed by atoms with E-state index in [1.54, 1.807) is 36.4 Å². The van der Waals surface area contributed by atoms with Gasteiger partial charge in [-0.2, -0.15) is 0 Å². The van der Waals surface area contributed by atoms with E-state index in [1.807, 2.05) is 37.3 Å². The van der Waals surface area contributed by atoms with Gasteiger partial charge in [-0.05, 0) is 35.7 Å². The van der Waals surface area contributed by atoms with E-state index < -0.39 is 11.5 Å². The number of amides is 1. The third-order valence-corrected chi connectivity index (χ3v) is 6.12. The number of hydrogen-bond acceptors (Lipinski definition) is 5. The highest BCUT2D eigenvalue weighted by Gasteiger charge is 2.50. The summed E-state index contributed by atoms with van der Waals surface area (Å²) in [4.78, 5) is 28.0. The molecule has 1 atom stereocenters. The minimum Gasteiger partial charge on any atom is -0.454 e. The molecule has 2 heterocycles. The number of rotatable bonds is 6. The summed E-state index contributed by atoms with van der Waals surface area (Å²) in [6.07, 6.45) is 0.561. The number of carbonyl (C=O) groups is 2. The molecule has 3 aromatic rings. The van der Waals surface area contributed by atoms with Crippen LogP contribution in [0.25, 0.3) is 0 Å². The number of nitrogens with zero attached hydrogens (tertiary/aromatic N) is 1. The molecule has 1 amide bonds. The SMILES string of the molecule is CCc1ccc(C(=O)C[C@]2(O)C(=O)N(Cc3ccc4c(c3)OCO4)c3ccccc32)cc1. The average molecular weight is 429 g/mol. The van der Waals surface area contributed by atoms with Crippen LogP contribution in [0.4, 0.5) is 5.69 Å². The van der Waals surface area contributed by atoms with Crippen molar-refractivity contribution in [2.45, 2.75) is 31.9 Å². The van der Waals surface area contributed by atoms with Gasteiger partial charge in [0, 0.05) is 11.1 Å². The zero-order valence-electron chi connectivity index (χ0n) is 17.7. The molecule has 0 aromatic heterocycles. The van der Waals surface area contributed by atoms with Crippen molar-refractivity contribution in [1.82, 2.24) is 0 Å². The summed E-state index contributed by atoms with van der Waals surface area (Å²) >= 11 is 0. The van der Waals surface area contributed by atoms with Crippen molar-refractivity contribution in [3.05, 3.63) is 89.0 Å². The van der Waals surface area contributed by atoms with Crippen LogP contribution in [0, 0.1) is 0 Å². The van der Waals surface area contributed by atoms with Crippen LogP contribution in [-0.4, -0.2) is 23.6 Å². The predicted molar refractivity (Wildman–Crippen MR) is 119 cm³/mol. The Labute approximate surface area is 186 Å². The van der Waals surface area contributed by atoms with Crippen LogP contribution in [0.5, 0.6) is 11.5 Å². The van der Waals surface area contributed by atoms with Crippen LogP contribution < -0.4 is 14.4 Å². The van der Waals surface area contributed by atoms with Crippen molar-refractivity contribution in [1.29, 1.82) is 0 Å². The maximum Gasteiger partial charge on any atom is 0.264 e. The Balaban J connectivity index is 1.44. The Bertz CT molecular complexity index is 1200. The molecule has 0 spiro atoms. The zero-order chi connectivity index (χ0) is 22.3. The Morgan fingerprint density at radius 3 is 2.50 bits per heavy atom. The molecule has 5 rings (SSSR count). The van der Waals surface area contributed by atoms with Gasteiger partial charge in [-0.15, -0.1) is 0 Å². The predicted octanol–water partition coefficient (Wildman–Crippen LogP) is 3.99. The van der Waals surface area contributed by atoms with E-state index in [-0.39, 0.29) is 25.5 Å². The lowest BCUT2D eigenvalue weighted by atomic mass is 9.88. The Morgan fingerprint density at radius 2 is 1.72 bits per heavy atom. The largest absolute Gasteiger partial charge is 0.454 e. The number of para-hydroxylation sites is 1. The molecule has 0 bridgehead atoms. The summed E-state index contributed by atoms with van der Waals surface area (Å²) in [6.45, 7) is 2.46. The highest BCUT2D eigenvalue weighted by atomic mass is 16.7. The fourth-order valence-electron chi connectivity index (χ4n) is 4.32. The van der Waals surface area contributed by atoms with Crippen molar-refractivity contribution >= 4 is 17.4 Å². The molecular weight excluding hydrogens is 406 g/mol. The van der Waals surface area contributed by atoms with Gasteiger partial charge >= 0.3 is 0 Å². The topological polar surface area (TPSA) is 76.1 Å². The van der Waals surface area contributed by atoms with Gasteiger partial charge in [0.15, 0.2) is 22.9 Å². The van der Waals surface area contributed by atoms with E-state index in [9.17, 15) is 14.7 Å². The summed E-state index contributed by atoms with van der Waals surface area (Å²) in [5, 5.41) is 11.5. The number of benzene rings is 3. The Morgan fingerprint density at radius 1 is 1.00 bits per heavy atom. The van der Waals surface area contributed by atoms with Crippen molar-refractivity contribution in [3.63, 3.8) is 0 Å². The lowest BCUT2D eigenvalue weighted by molar-refractivity contribution is -0.136. The summed E-state index contributed by atoms with van der Waals surface area (Å²) in [7, 11) is 0. The number of fused-ring (bicyclic) bond motifs is 2. The fourth-order valence-corrected chi connectivity index (χ4v) is 4.32. The lowest BCUT2D eigenvalue weighted by Crippen LogP contribution is -2.41. The fraction of sp³-hybridized carbons (Fsp3) is 0.231. The molecule has 2 aliphatic rings. The number of anilines is 1. The summed E-state index contributed by atoms with van der Waals surface area (Å²) in [6, 6.07) is 19.9. The Hall–Kier alpha value is -3.64. The number of Topliss-reactive ketones (excluding diaryl/α,β-unsaturated/α-hetero) is 1. The monoisotopic (exact) mass is 429 g/mol. The summed E-state index contributed by atoms with van der Waals surface area (Å²) < 4.78 is 10.8. The lowest BCUT2D eigenvalue weighted by Gasteiger charge is -2.23. The van der Waals surface area contributed by atoms with Gasteiger partial charge in [0.2, 0.25) is 6.79 Å². The first-order valence-corrected chi connectivity index (χ1v) is 10.6. The van der Waals surface area contributed by atoms with Crippen molar-refractivity contribution in [2.75, 3.05) is 11.7 Å². The molecule has 0 fully saturated rings. The number of ether oxygens (including phenoxy) is 2. The van der Waals surface area contributed by atoms with E-state index in [2.05, 4.69) is 0 Å². The quantitative estimate of drug-likeness (QED) is 0.600. The number of aryl methyl sites for hydroxylation is 1. The van der Waals surface area contributed by atoms with Crippen LogP contribution >= 0.6 is 0 Å². The van der Waals surface area contributed by atoms with Crippen molar-refractivity contribution < 1.29 is 24.2 Å². The second kappa shape index (κ2) is 7.80. The number of carbonyl (C=O) groups excluding carboxylic acids is 2. The van der Waals surface area contributed by atoms with E-state index in [1.165, 1.54) is 4.90 Å². The molecule has 0 saturated heterocycles. The zero-order valence-corrected chi connectivity index (χ0v) is 17.7. The van der Waals surface area contributed by atoms with Gasteiger partial charge in [-0.3, -0.25) is 9.59 Å². The smallest absolute Gasteiger partial charge is 0.264 e. The minimum absolute atomic E-state index is 0.172. The van der Waals surface area contributed by atoms with Crippen LogP contribution in [0.1, 0.15) is 40.4 Å². The third-order valence-electron chi connectivity index (χ3n) is 6.12. The van der Waals surface area contributed by atoms with Crippen molar-refractivity contribution in [2.24, 2.45) is 0 Å². The van der Waals surface area contributed by atoms with Crippen molar-refractivity contribution in [3.8, 4) is 11.5 Å². The van der Waals surface area contributed by atoms with Gasteiger partial charge in [0.05, 0.1) is 18.7 Å². The Kier molecular flexibility index (Phi) is 4.94. The number of hydrogen-bond donors (Lipinski definition) is 1. The second-order valence-electron chi connectivity index (χ2n) is 8.11. The molecule has 0 aliphatic carbocycles. The molecule has 0 unspecified atom stereocenters. The molecular formula is C26H23NO5. The van der Waals surface area contributed by atoms with Gasteiger partial charge in [-0.25, -0.2) is 0 Å². The molecule has 0 saturated carbocycles. The summed E-state index contributed by atoms with van der Waals surface area (Å²) in [5.41, 5.74) is 1.58. The highest BCUT2D eigenvalue weighted by Crippen LogP contribution is 2.44. The number of ketones is 1. The molecule has 6 heteroatoms. The van der Waals surface area contributed by atoms with Crippen LogP contribution in [-0.2, 0) is 23.4 Å². The highest BCUT2D eigenvalue weighted by molar-refractivity contribution is 6.10. The first-order valence-electron chi connectivity index (χ1n) is 10.6. The standard InChI is InChI=1S/C26H23NO5/c1-2-17-7-10-19(11-8-17)22(28)14-26(30)20-5-3-4-6-21(20)27(25(26)29)15-18-9-12-23-24(13-18)32-16-31-23/h3-13,30H,2,14-16H2,1H3/t26-/m1/s1. The molecule has 162 valence electrons. The molecule has 2 aliphatic heterocycles. The van der Waals surface area contributed by atoms with E-state index in [0.717, 1.165) is 17.5 Å². The molecule has 32 heavy (non-hydrogen) atoms. The maximum absolute atomic E-state index is 13.5. The maximum atomic E-state index is 13.5. The first kappa shape index (κ1) is 20.3. The first-order chi connectivity index (χ1) is 15.5. The molecule has 3 aromatic carbocycles. The third kappa shape index (κ3) is 3.33. The molecule has 6 nitrogen and oxygen atoms in total. The average Bonchev–Trinajstić information content (AvgIpc) is 3.36. The second-order valence-corrected chi connectivity index (χ2v) is 8.11. The van der Waals surface area contributed by atoms with Gasteiger partial charge in [-0.1, -0.05) is 55.5 Å². The minimum atomic E-state index is -1.91. The van der Waals surface area contributed by atoms with E-state index in [4.69, 9.17) is 9.47 Å².